The Balaban J connectivity index is 2.15. The second-order valence-electron chi connectivity index (χ2n) is 3.96. The monoisotopic (exact) mass is 285 g/mol. The summed E-state index contributed by atoms with van der Waals surface area (Å²) in [6.07, 6.45) is 1.21. The molecule has 0 aliphatic carbocycles. The zero-order valence-electron chi connectivity index (χ0n) is 9.74. The fourth-order valence-corrected chi connectivity index (χ4v) is 2.87. The van der Waals surface area contributed by atoms with Crippen molar-refractivity contribution < 1.29 is 14.7 Å². The summed E-state index contributed by atoms with van der Waals surface area (Å²) in [4.78, 5) is 48.5. The molecule has 1 aliphatic rings. The van der Waals surface area contributed by atoms with Crippen molar-refractivity contribution in [3.05, 3.63) is 33.1 Å². The minimum absolute atomic E-state index is 0.286. The van der Waals surface area contributed by atoms with Crippen molar-refractivity contribution in [2.24, 2.45) is 0 Å². The van der Waals surface area contributed by atoms with Gasteiger partial charge in [-0.2, -0.15) is 0 Å². The Morgan fingerprint density at radius 2 is 2.21 bits per heavy atom. The average Bonchev–Trinajstić information content (AvgIpc) is 2.82. The molecular formula is C10H11N3O5S. The third-order valence-electron chi connectivity index (χ3n) is 2.69. The molecule has 8 nitrogen and oxygen atoms in total. The van der Waals surface area contributed by atoms with Crippen LogP contribution >= 0.6 is 11.8 Å². The van der Waals surface area contributed by atoms with Crippen LogP contribution in [0.2, 0.25) is 0 Å². The van der Waals surface area contributed by atoms with Crippen LogP contribution in [0.15, 0.2) is 21.9 Å². The predicted octanol–water partition coefficient (Wildman–Crippen LogP) is -1.48. The number of hydrogen-bond donors (Lipinski definition) is 2. The molecule has 2 N–H and O–H groups in total. The number of carboxylic acids is 1. The van der Waals surface area contributed by atoms with Crippen LogP contribution in [0.4, 0.5) is 0 Å². The van der Waals surface area contributed by atoms with Gasteiger partial charge in [0.2, 0.25) is 5.91 Å². The Morgan fingerprint density at radius 3 is 2.84 bits per heavy atom. The number of aliphatic carboxylic acids is 1. The van der Waals surface area contributed by atoms with Gasteiger partial charge in [0.05, 0.1) is 5.88 Å². The van der Waals surface area contributed by atoms with Gasteiger partial charge in [0.15, 0.2) is 0 Å². The highest BCUT2D eigenvalue weighted by Crippen LogP contribution is 2.21. The molecule has 1 amide bonds. The molecule has 0 saturated carbocycles. The number of nitrogens with one attached hydrogen (secondary N) is 1. The number of H-pyrrole nitrogens is 1. The first-order valence-electron chi connectivity index (χ1n) is 5.39. The lowest BCUT2D eigenvalue weighted by molar-refractivity contribution is -0.148. The maximum atomic E-state index is 12.0. The van der Waals surface area contributed by atoms with Crippen molar-refractivity contribution in [3.8, 4) is 0 Å². The van der Waals surface area contributed by atoms with Crippen molar-refractivity contribution in [3.63, 3.8) is 0 Å². The summed E-state index contributed by atoms with van der Waals surface area (Å²) in [6, 6.07) is 0.262. The van der Waals surface area contributed by atoms with Gasteiger partial charge in [-0.1, -0.05) is 0 Å². The zero-order chi connectivity index (χ0) is 14.0. The molecule has 1 aliphatic heterocycles. The fraction of sp³-hybridized carbons (Fsp3) is 0.400. The van der Waals surface area contributed by atoms with Crippen LogP contribution in [0, 0.1) is 0 Å². The lowest BCUT2D eigenvalue weighted by atomic mass is 10.3. The van der Waals surface area contributed by atoms with Gasteiger partial charge in [-0.05, 0) is 0 Å². The second-order valence-corrected chi connectivity index (χ2v) is 4.96. The third kappa shape index (κ3) is 2.87. The third-order valence-corrected chi connectivity index (χ3v) is 3.70. The highest BCUT2D eigenvalue weighted by Gasteiger charge is 2.34. The Hall–Kier alpha value is -2.03. The summed E-state index contributed by atoms with van der Waals surface area (Å²) in [6.45, 7) is -0.292. The van der Waals surface area contributed by atoms with E-state index < -0.39 is 29.2 Å². The molecule has 0 spiro atoms. The summed E-state index contributed by atoms with van der Waals surface area (Å²) >= 11 is 1.34. The quantitative estimate of drug-likeness (QED) is 0.700. The molecular weight excluding hydrogens is 274 g/mol. The van der Waals surface area contributed by atoms with E-state index in [4.69, 9.17) is 5.11 Å². The van der Waals surface area contributed by atoms with Crippen molar-refractivity contribution in [2.75, 3.05) is 11.6 Å². The van der Waals surface area contributed by atoms with Gasteiger partial charge in [-0.25, -0.2) is 9.59 Å². The van der Waals surface area contributed by atoms with Crippen LogP contribution in [-0.4, -0.2) is 49.1 Å². The zero-order valence-corrected chi connectivity index (χ0v) is 10.6. The number of carbonyl (C=O) groups excluding carboxylic acids is 1. The van der Waals surface area contributed by atoms with Crippen LogP contribution < -0.4 is 11.2 Å². The summed E-state index contributed by atoms with van der Waals surface area (Å²) < 4.78 is 1.03. The fourth-order valence-electron chi connectivity index (χ4n) is 1.70. The molecule has 1 fully saturated rings. The first kappa shape index (κ1) is 13.4. The molecule has 102 valence electrons. The lowest BCUT2D eigenvalue weighted by Crippen LogP contribution is -2.44. The molecule has 19 heavy (non-hydrogen) atoms. The van der Waals surface area contributed by atoms with Crippen LogP contribution in [-0.2, 0) is 16.1 Å². The number of aromatic nitrogens is 2. The van der Waals surface area contributed by atoms with Crippen LogP contribution in [0.25, 0.3) is 0 Å². The molecule has 1 atom stereocenters. The van der Waals surface area contributed by atoms with E-state index in [1.54, 1.807) is 0 Å². The highest BCUT2D eigenvalue weighted by molar-refractivity contribution is 7.99. The minimum atomic E-state index is -1.06. The number of thioether (sulfide) groups is 1. The van der Waals surface area contributed by atoms with Crippen molar-refractivity contribution in [1.29, 1.82) is 0 Å². The van der Waals surface area contributed by atoms with Gasteiger partial charge in [-0.3, -0.25) is 19.1 Å². The van der Waals surface area contributed by atoms with Crippen molar-refractivity contribution in [1.82, 2.24) is 14.5 Å². The Labute approximate surface area is 111 Å². The smallest absolute Gasteiger partial charge is 0.328 e. The van der Waals surface area contributed by atoms with E-state index in [1.165, 1.54) is 22.9 Å². The van der Waals surface area contributed by atoms with E-state index in [-0.39, 0.29) is 12.4 Å². The predicted molar refractivity (Wildman–Crippen MR) is 66.9 cm³/mol. The molecule has 1 aromatic rings. The second kappa shape index (κ2) is 5.31. The minimum Gasteiger partial charge on any atom is -0.480 e. The number of nitrogens with zero attached hydrogens (tertiary/aromatic N) is 2. The van der Waals surface area contributed by atoms with E-state index in [2.05, 4.69) is 0 Å². The molecule has 0 radical (unpaired) electrons. The molecule has 2 heterocycles. The Bertz CT molecular complexity index is 622. The van der Waals surface area contributed by atoms with E-state index in [0.717, 1.165) is 10.6 Å². The number of carboxylic acid groups (broad SMARTS) is 1. The Morgan fingerprint density at radius 1 is 1.47 bits per heavy atom. The van der Waals surface area contributed by atoms with Gasteiger partial charge in [-0.15, -0.1) is 11.8 Å². The van der Waals surface area contributed by atoms with Crippen molar-refractivity contribution in [2.45, 2.75) is 12.6 Å². The number of amides is 1. The molecule has 1 aromatic heterocycles. The summed E-state index contributed by atoms with van der Waals surface area (Å²) in [7, 11) is 0. The number of rotatable bonds is 3. The van der Waals surface area contributed by atoms with E-state index in [9.17, 15) is 19.2 Å². The van der Waals surface area contributed by atoms with Gasteiger partial charge in [0, 0.05) is 18.0 Å². The number of carbonyl (C=O) groups is 2. The van der Waals surface area contributed by atoms with Gasteiger partial charge < -0.3 is 10.0 Å². The SMILES string of the molecule is O=C(O)[C@@H]1CSCN1C(=O)Cn1ccc(=O)[nH]c1=O. The van der Waals surface area contributed by atoms with Crippen LogP contribution in [0.5, 0.6) is 0 Å². The summed E-state index contributed by atoms with van der Waals surface area (Å²) in [5.41, 5.74) is -1.24. The first-order valence-corrected chi connectivity index (χ1v) is 6.54. The Kier molecular flexibility index (Phi) is 3.74. The maximum Gasteiger partial charge on any atom is 0.328 e. The van der Waals surface area contributed by atoms with E-state index in [0.29, 0.717) is 5.75 Å². The van der Waals surface area contributed by atoms with E-state index in [1.807, 2.05) is 4.98 Å². The summed E-state index contributed by atoms with van der Waals surface area (Å²) in [5.74, 6) is -0.908. The standard InChI is InChI=1S/C10H11N3O5S/c14-7-1-2-12(10(18)11-7)3-8(15)13-5-19-4-6(13)9(16)17/h1-2,6H,3-5H2,(H,16,17)(H,11,14,18)/t6-/m0/s1. The molecule has 0 unspecified atom stereocenters. The summed E-state index contributed by atoms with van der Waals surface area (Å²) in [5, 5.41) is 8.97. The highest BCUT2D eigenvalue weighted by atomic mass is 32.2. The lowest BCUT2D eigenvalue weighted by Gasteiger charge is -2.20. The van der Waals surface area contributed by atoms with Gasteiger partial charge in [0.1, 0.15) is 12.6 Å². The molecule has 0 bridgehead atoms. The average molecular weight is 285 g/mol. The van der Waals surface area contributed by atoms with Crippen molar-refractivity contribution >= 4 is 23.6 Å². The van der Waals surface area contributed by atoms with Gasteiger partial charge in [0.25, 0.3) is 5.56 Å². The number of aromatic amines is 1. The normalized spacial score (nSPS) is 18.5. The molecule has 2 rings (SSSR count). The maximum absolute atomic E-state index is 12.0. The largest absolute Gasteiger partial charge is 0.480 e. The topological polar surface area (TPSA) is 112 Å². The van der Waals surface area contributed by atoms with Crippen LogP contribution in [0.1, 0.15) is 0 Å². The molecule has 0 aromatic carbocycles. The van der Waals surface area contributed by atoms with E-state index >= 15 is 0 Å². The van der Waals surface area contributed by atoms with Gasteiger partial charge >= 0.3 is 11.7 Å². The first-order chi connectivity index (χ1) is 8.99. The molecule has 1 saturated heterocycles. The molecule has 9 heteroatoms. The number of hydrogen-bond acceptors (Lipinski definition) is 5. The van der Waals surface area contributed by atoms with Crippen LogP contribution in [0.3, 0.4) is 0 Å².